The smallest absolute Gasteiger partial charge is 0.279 e. The molecule has 0 unspecified atom stereocenters. The van der Waals surface area contributed by atoms with Crippen LogP contribution in [-0.2, 0) is 26.9 Å². The molecule has 0 bridgehead atoms. The summed E-state index contributed by atoms with van der Waals surface area (Å²) < 4.78 is 3.37. The van der Waals surface area contributed by atoms with E-state index in [9.17, 15) is 4.79 Å². The second kappa shape index (κ2) is 5.42. The van der Waals surface area contributed by atoms with Crippen LogP contribution in [0.15, 0.2) is 12.4 Å². The summed E-state index contributed by atoms with van der Waals surface area (Å²) in [6.45, 7) is 0. The van der Waals surface area contributed by atoms with E-state index in [1.807, 2.05) is 17.9 Å². The summed E-state index contributed by atoms with van der Waals surface area (Å²) >= 11 is 7.62. The zero-order chi connectivity index (χ0) is 17.0. The number of carbonyl (C=O) groups is 1. The summed E-state index contributed by atoms with van der Waals surface area (Å²) in [6, 6.07) is 0. The molecular formula is C15H15ClN6OS. The maximum Gasteiger partial charge on any atom is 0.279 e. The van der Waals surface area contributed by atoms with Crippen LogP contribution in [0.1, 0.15) is 21.1 Å². The maximum absolute atomic E-state index is 12.7. The van der Waals surface area contributed by atoms with Crippen LogP contribution in [0.2, 0.25) is 5.02 Å². The topological polar surface area (TPSA) is 68.8 Å². The highest BCUT2D eigenvalue weighted by atomic mass is 35.5. The lowest BCUT2D eigenvalue weighted by molar-refractivity contribution is 0.0984. The number of carbonyl (C=O) groups excluding carboxylic acids is 1. The summed E-state index contributed by atoms with van der Waals surface area (Å²) in [5.41, 5.74) is 3.53. The molecule has 0 atom stereocenters. The summed E-state index contributed by atoms with van der Waals surface area (Å²) in [6.07, 6.45) is 5.16. The second-order valence-corrected chi connectivity index (χ2v) is 7.19. The number of nitrogens with zero attached hydrogens (tertiary/aromatic N) is 6. The molecule has 3 aromatic heterocycles. The Morgan fingerprint density at radius 3 is 2.71 bits per heavy atom. The standard InChI is InChI=1S/C15H15ClN6OS/c1-20(14(23)13-9(16)7-18-22(13)3)15-19-12-8-6-17-21(2)10(8)4-5-11(12)24-15/h6-7H,4-5H2,1-3H3. The summed E-state index contributed by atoms with van der Waals surface area (Å²) in [5, 5.41) is 9.33. The van der Waals surface area contributed by atoms with Gasteiger partial charge in [0.25, 0.3) is 5.91 Å². The summed E-state index contributed by atoms with van der Waals surface area (Å²) in [4.78, 5) is 20.1. The van der Waals surface area contributed by atoms with E-state index < -0.39 is 0 Å². The van der Waals surface area contributed by atoms with Crippen LogP contribution in [-0.4, -0.2) is 37.5 Å². The van der Waals surface area contributed by atoms with Crippen molar-refractivity contribution in [2.45, 2.75) is 12.8 Å². The fourth-order valence-electron chi connectivity index (χ4n) is 2.95. The number of aromatic nitrogens is 5. The van der Waals surface area contributed by atoms with E-state index in [1.165, 1.54) is 37.7 Å². The van der Waals surface area contributed by atoms with Crippen molar-refractivity contribution in [1.82, 2.24) is 24.5 Å². The van der Waals surface area contributed by atoms with Crippen molar-refractivity contribution in [3.63, 3.8) is 0 Å². The minimum absolute atomic E-state index is 0.225. The molecule has 4 rings (SSSR count). The number of anilines is 1. The Hall–Kier alpha value is -2.19. The van der Waals surface area contributed by atoms with E-state index in [0.717, 1.165) is 24.1 Å². The Labute approximate surface area is 147 Å². The van der Waals surface area contributed by atoms with Gasteiger partial charge in [-0.05, 0) is 12.8 Å². The zero-order valence-electron chi connectivity index (χ0n) is 13.4. The van der Waals surface area contributed by atoms with Crippen LogP contribution < -0.4 is 4.90 Å². The maximum atomic E-state index is 12.7. The van der Waals surface area contributed by atoms with E-state index >= 15 is 0 Å². The molecule has 0 aromatic carbocycles. The summed E-state index contributed by atoms with van der Waals surface area (Å²) in [7, 11) is 5.35. The van der Waals surface area contributed by atoms with Crippen molar-refractivity contribution in [3.05, 3.63) is 33.7 Å². The van der Waals surface area contributed by atoms with Crippen LogP contribution in [0.5, 0.6) is 0 Å². The molecule has 3 aromatic rings. The van der Waals surface area contributed by atoms with Gasteiger partial charge in [0.05, 0.1) is 23.1 Å². The normalized spacial score (nSPS) is 12.8. The van der Waals surface area contributed by atoms with Crippen molar-refractivity contribution in [3.8, 4) is 11.3 Å². The van der Waals surface area contributed by atoms with Gasteiger partial charge in [-0.2, -0.15) is 10.2 Å². The molecule has 1 amide bonds. The highest BCUT2D eigenvalue weighted by molar-refractivity contribution is 7.16. The van der Waals surface area contributed by atoms with Gasteiger partial charge in [-0.1, -0.05) is 11.6 Å². The fourth-order valence-corrected chi connectivity index (χ4v) is 4.23. The molecule has 3 heterocycles. The van der Waals surface area contributed by atoms with Gasteiger partial charge in [0.1, 0.15) is 5.69 Å². The second-order valence-electron chi connectivity index (χ2n) is 5.73. The Morgan fingerprint density at radius 1 is 1.25 bits per heavy atom. The van der Waals surface area contributed by atoms with E-state index in [2.05, 4.69) is 10.2 Å². The SMILES string of the molecule is CN(C(=O)c1c(Cl)cnn1C)c1nc2c(s1)CCc1c-2cnn1C. The summed E-state index contributed by atoms with van der Waals surface area (Å²) in [5.74, 6) is -0.225. The lowest BCUT2D eigenvalue weighted by Crippen LogP contribution is -2.28. The van der Waals surface area contributed by atoms with Crippen molar-refractivity contribution < 1.29 is 4.79 Å². The molecule has 0 spiro atoms. The van der Waals surface area contributed by atoms with Gasteiger partial charge in [-0.15, -0.1) is 11.3 Å². The average Bonchev–Trinajstić information content (AvgIpc) is 3.23. The molecule has 0 aliphatic heterocycles. The van der Waals surface area contributed by atoms with Gasteiger partial charge in [-0.3, -0.25) is 19.1 Å². The fraction of sp³-hybridized carbons (Fsp3) is 0.333. The molecule has 0 fully saturated rings. The third-order valence-electron chi connectivity index (χ3n) is 4.28. The molecule has 0 saturated carbocycles. The number of thiazole rings is 1. The van der Waals surface area contributed by atoms with Gasteiger partial charge in [0, 0.05) is 37.3 Å². The Balaban J connectivity index is 1.72. The van der Waals surface area contributed by atoms with E-state index in [0.29, 0.717) is 15.8 Å². The van der Waals surface area contributed by atoms with E-state index in [1.54, 1.807) is 14.1 Å². The molecular weight excluding hydrogens is 348 g/mol. The van der Waals surface area contributed by atoms with Crippen LogP contribution in [0.4, 0.5) is 5.13 Å². The molecule has 1 aliphatic carbocycles. The first-order valence-corrected chi connectivity index (χ1v) is 8.63. The molecule has 1 aliphatic rings. The first-order chi connectivity index (χ1) is 11.5. The molecule has 24 heavy (non-hydrogen) atoms. The first-order valence-electron chi connectivity index (χ1n) is 7.44. The third kappa shape index (κ3) is 2.17. The Kier molecular flexibility index (Phi) is 3.47. The van der Waals surface area contributed by atoms with Gasteiger partial charge < -0.3 is 0 Å². The largest absolute Gasteiger partial charge is 0.286 e. The highest BCUT2D eigenvalue weighted by Crippen LogP contribution is 2.39. The number of amides is 1. The van der Waals surface area contributed by atoms with Crippen LogP contribution in [0.25, 0.3) is 11.3 Å². The molecule has 0 N–H and O–H groups in total. The van der Waals surface area contributed by atoms with Gasteiger partial charge >= 0.3 is 0 Å². The number of rotatable bonds is 2. The molecule has 0 saturated heterocycles. The highest BCUT2D eigenvalue weighted by Gasteiger charge is 2.28. The monoisotopic (exact) mass is 362 g/mol. The van der Waals surface area contributed by atoms with E-state index in [4.69, 9.17) is 16.6 Å². The van der Waals surface area contributed by atoms with Crippen LogP contribution in [0, 0.1) is 0 Å². The first kappa shape index (κ1) is 15.3. The predicted molar refractivity (Wildman–Crippen MR) is 92.7 cm³/mol. The number of aryl methyl sites for hydroxylation is 3. The van der Waals surface area contributed by atoms with Gasteiger partial charge in [-0.25, -0.2) is 4.98 Å². The number of hydrogen-bond donors (Lipinski definition) is 0. The van der Waals surface area contributed by atoms with Crippen molar-refractivity contribution >= 4 is 34.0 Å². The predicted octanol–water partition coefficient (Wildman–Crippen LogP) is 2.31. The molecule has 0 radical (unpaired) electrons. The minimum Gasteiger partial charge on any atom is -0.286 e. The van der Waals surface area contributed by atoms with Crippen LogP contribution in [0.3, 0.4) is 0 Å². The van der Waals surface area contributed by atoms with Crippen molar-refractivity contribution in [2.24, 2.45) is 14.1 Å². The Bertz CT molecular complexity index is 936. The quantitative estimate of drug-likeness (QED) is 0.701. The lowest BCUT2D eigenvalue weighted by Gasteiger charge is -2.13. The molecule has 124 valence electrons. The number of halogens is 1. The third-order valence-corrected chi connectivity index (χ3v) is 5.75. The van der Waals surface area contributed by atoms with Crippen molar-refractivity contribution in [1.29, 1.82) is 0 Å². The molecule has 9 heteroatoms. The minimum atomic E-state index is -0.225. The van der Waals surface area contributed by atoms with Gasteiger partial charge in [0.15, 0.2) is 5.13 Å². The number of hydrogen-bond acceptors (Lipinski definition) is 5. The van der Waals surface area contributed by atoms with Crippen LogP contribution >= 0.6 is 22.9 Å². The lowest BCUT2D eigenvalue weighted by atomic mass is 10.0. The zero-order valence-corrected chi connectivity index (χ0v) is 15.0. The van der Waals surface area contributed by atoms with Crippen molar-refractivity contribution in [2.75, 3.05) is 11.9 Å². The Morgan fingerprint density at radius 2 is 2.00 bits per heavy atom. The van der Waals surface area contributed by atoms with Gasteiger partial charge in [0.2, 0.25) is 0 Å². The average molecular weight is 363 g/mol. The van der Waals surface area contributed by atoms with E-state index in [-0.39, 0.29) is 5.91 Å². The molecule has 7 nitrogen and oxygen atoms in total. The number of fused-ring (bicyclic) bond motifs is 3.